The third kappa shape index (κ3) is 4.91. The monoisotopic (exact) mass is 382 g/mol. The van der Waals surface area contributed by atoms with Crippen LogP contribution in [0, 0.1) is 0 Å². The fraction of sp³-hybridized carbons (Fsp3) is 0.727. The number of urea groups is 1. The standard InChI is InChI=1S/C11H18N4O9S/c1-6(23-10(12)17)5-22-13-9(16)8-3-2-7-4-14(8)11(18)15(7)24-25(19,20)21/h6-8H,2-5H2,1H3,(H2,12,17)(H,13,16)(H,19,20,21)/t6-,7-,8+/m1/s1. The highest BCUT2D eigenvalue weighted by Gasteiger charge is 2.49. The van der Waals surface area contributed by atoms with Gasteiger partial charge in [-0.2, -0.15) is 13.5 Å². The second-order valence-corrected chi connectivity index (χ2v) is 6.54. The number of nitrogens with one attached hydrogen (secondary N) is 1. The summed E-state index contributed by atoms with van der Waals surface area (Å²) in [6, 6.07) is -2.35. The minimum atomic E-state index is -4.85. The molecule has 2 heterocycles. The van der Waals surface area contributed by atoms with Crippen LogP contribution in [0.4, 0.5) is 9.59 Å². The Hall–Kier alpha value is -2.16. The summed E-state index contributed by atoms with van der Waals surface area (Å²) in [5, 5.41) is 0.534. The lowest BCUT2D eigenvalue weighted by molar-refractivity contribution is -0.140. The lowest BCUT2D eigenvalue weighted by Gasteiger charge is -2.29. The first-order valence-electron chi connectivity index (χ1n) is 7.23. The van der Waals surface area contributed by atoms with Crippen LogP contribution in [0.25, 0.3) is 0 Å². The average molecular weight is 382 g/mol. The van der Waals surface area contributed by atoms with Gasteiger partial charge in [-0.15, -0.1) is 4.28 Å². The third-order valence-corrected chi connectivity index (χ3v) is 3.96. The number of carbonyl (C=O) groups excluding carboxylic acids is 3. The minimum absolute atomic E-state index is 0.0631. The molecule has 0 radical (unpaired) electrons. The van der Waals surface area contributed by atoms with Crippen LogP contribution in [0.2, 0.25) is 0 Å². The molecule has 2 aliphatic rings. The quantitative estimate of drug-likeness (QED) is 0.350. The molecule has 2 aliphatic heterocycles. The van der Waals surface area contributed by atoms with Crippen molar-refractivity contribution in [2.75, 3.05) is 13.2 Å². The number of hydrogen-bond donors (Lipinski definition) is 3. The van der Waals surface area contributed by atoms with Crippen LogP contribution in [0.3, 0.4) is 0 Å². The van der Waals surface area contributed by atoms with Crippen molar-refractivity contribution in [1.29, 1.82) is 0 Å². The lowest BCUT2D eigenvalue weighted by atomic mass is 10.0. The smallest absolute Gasteiger partial charge is 0.418 e. The van der Waals surface area contributed by atoms with E-state index < -0.39 is 46.6 Å². The molecule has 14 heteroatoms. The van der Waals surface area contributed by atoms with Gasteiger partial charge in [-0.3, -0.25) is 14.2 Å². The summed E-state index contributed by atoms with van der Waals surface area (Å²) in [5.74, 6) is -0.633. The van der Waals surface area contributed by atoms with Crippen molar-refractivity contribution >= 4 is 28.4 Å². The maximum atomic E-state index is 12.1. The predicted octanol–water partition coefficient (Wildman–Crippen LogP) is -1.48. The molecule has 0 aromatic rings. The van der Waals surface area contributed by atoms with Gasteiger partial charge in [0, 0.05) is 6.54 Å². The second kappa shape index (κ2) is 7.38. The normalized spacial score (nSPS) is 24.2. The SMILES string of the molecule is C[C@H](CONC(=O)[C@@H]1CC[C@@H]2CN1C(=O)N2OS(=O)(=O)O)OC(N)=O. The summed E-state index contributed by atoms with van der Waals surface area (Å²) < 4.78 is 39.2. The van der Waals surface area contributed by atoms with Crippen LogP contribution in [-0.2, 0) is 29.1 Å². The van der Waals surface area contributed by atoms with E-state index in [9.17, 15) is 22.8 Å². The molecule has 0 aliphatic carbocycles. The first-order valence-corrected chi connectivity index (χ1v) is 8.59. The summed E-state index contributed by atoms with van der Waals surface area (Å²) in [4.78, 5) is 40.8. The number of hydrogen-bond acceptors (Lipinski definition) is 8. The van der Waals surface area contributed by atoms with Crippen LogP contribution < -0.4 is 11.2 Å². The van der Waals surface area contributed by atoms with E-state index in [2.05, 4.69) is 14.5 Å². The van der Waals surface area contributed by atoms with Crippen molar-refractivity contribution in [2.24, 2.45) is 5.73 Å². The van der Waals surface area contributed by atoms with E-state index >= 15 is 0 Å². The van der Waals surface area contributed by atoms with Gasteiger partial charge < -0.3 is 15.4 Å². The van der Waals surface area contributed by atoms with Gasteiger partial charge in [0.15, 0.2) is 0 Å². The van der Waals surface area contributed by atoms with Crippen molar-refractivity contribution in [3.8, 4) is 0 Å². The van der Waals surface area contributed by atoms with Crippen LogP contribution in [0.15, 0.2) is 0 Å². The van der Waals surface area contributed by atoms with E-state index in [0.717, 1.165) is 4.90 Å². The number of hydroxylamine groups is 3. The number of ether oxygens (including phenoxy) is 1. The highest BCUT2D eigenvalue weighted by Crippen LogP contribution is 2.30. The Morgan fingerprint density at radius 1 is 1.44 bits per heavy atom. The van der Waals surface area contributed by atoms with E-state index in [1.807, 2.05) is 0 Å². The van der Waals surface area contributed by atoms with Gasteiger partial charge in [0.05, 0.1) is 6.04 Å². The number of piperidine rings is 1. The van der Waals surface area contributed by atoms with E-state index in [-0.39, 0.29) is 26.0 Å². The summed E-state index contributed by atoms with van der Waals surface area (Å²) in [6.07, 6.45) is -1.15. The first kappa shape index (κ1) is 19.2. The molecule has 4 amide bonds. The topological polar surface area (TPSA) is 178 Å². The third-order valence-electron chi connectivity index (χ3n) is 3.61. The molecule has 25 heavy (non-hydrogen) atoms. The van der Waals surface area contributed by atoms with Gasteiger partial charge in [0.25, 0.3) is 5.91 Å². The molecule has 142 valence electrons. The van der Waals surface area contributed by atoms with E-state index in [1.165, 1.54) is 6.92 Å². The number of carbonyl (C=O) groups is 3. The molecular formula is C11H18N4O9S. The molecule has 13 nitrogen and oxygen atoms in total. The van der Waals surface area contributed by atoms with Crippen molar-refractivity contribution in [3.63, 3.8) is 0 Å². The predicted molar refractivity (Wildman–Crippen MR) is 77.6 cm³/mol. The number of amides is 4. The maximum Gasteiger partial charge on any atom is 0.418 e. The summed E-state index contributed by atoms with van der Waals surface area (Å²) >= 11 is 0. The fourth-order valence-electron chi connectivity index (χ4n) is 2.63. The fourth-order valence-corrected chi connectivity index (χ4v) is 3.02. The summed E-state index contributed by atoms with van der Waals surface area (Å²) in [5.41, 5.74) is 6.96. The number of nitrogens with zero attached hydrogens (tertiary/aromatic N) is 2. The largest absolute Gasteiger partial charge is 0.444 e. The molecule has 3 atom stereocenters. The van der Waals surface area contributed by atoms with Gasteiger partial charge in [0.2, 0.25) is 0 Å². The molecule has 4 N–H and O–H groups in total. The number of rotatable bonds is 7. The van der Waals surface area contributed by atoms with Gasteiger partial charge in [-0.1, -0.05) is 0 Å². The zero-order valence-corrected chi connectivity index (χ0v) is 14.0. The van der Waals surface area contributed by atoms with Gasteiger partial charge in [-0.25, -0.2) is 15.1 Å². The van der Waals surface area contributed by atoms with Crippen LogP contribution in [0.1, 0.15) is 19.8 Å². The van der Waals surface area contributed by atoms with Crippen LogP contribution in [0.5, 0.6) is 0 Å². The molecular weight excluding hydrogens is 364 g/mol. The van der Waals surface area contributed by atoms with Crippen molar-refractivity contribution < 1.29 is 41.2 Å². The van der Waals surface area contributed by atoms with Gasteiger partial charge in [-0.05, 0) is 19.8 Å². The Balaban J connectivity index is 1.88. The second-order valence-electron chi connectivity index (χ2n) is 5.53. The van der Waals surface area contributed by atoms with Crippen molar-refractivity contribution in [2.45, 2.75) is 38.0 Å². The van der Waals surface area contributed by atoms with E-state index in [1.54, 1.807) is 0 Å². The highest BCUT2D eigenvalue weighted by molar-refractivity contribution is 7.80. The molecule has 0 saturated carbocycles. The Morgan fingerprint density at radius 2 is 2.12 bits per heavy atom. The molecule has 2 saturated heterocycles. The number of nitrogens with two attached hydrogens (primary N) is 1. The zero-order valence-electron chi connectivity index (χ0n) is 13.2. The van der Waals surface area contributed by atoms with Crippen molar-refractivity contribution in [3.05, 3.63) is 0 Å². The van der Waals surface area contributed by atoms with Gasteiger partial charge in [0.1, 0.15) is 18.8 Å². The lowest BCUT2D eigenvalue weighted by Crippen LogP contribution is -2.50. The maximum absolute atomic E-state index is 12.1. The summed E-state index contributed by atoms with van der Waals surface area (Å²) in [7, 11) is -4.85. The van der Waals surface area contributed by atoms with Crippen LogP contribution >= 0.6 is 0 Å². The Labute approximate surface area is 142 Å². The highest BCUT2D eigenvalue weighted by atomic mass is 32.3. The molecule has 2 bridgehead atoms. The van der Waals surface area contributed by atoms with Gasteiger partial charge >= 0.3 is 22.5 Å². The Bertz CT molecular complexity index is 654. The average Bonchev–Trinajstić information content (AvgIpc) is 2.70. The van der Waals surface area contributed by atoms with Crippen LogP contribution in [-0.4, -0.2) is 72.3 Å². The molecule has 0 spiro atoms. The number of primary amides is 1. The molecule has 2 rings (SSSR count). The summed E-state index contributed by atoms with van der Waals surface area (Å²) in [6.45, 7) is 1.40. The van der Waals surface area contributed by atoms with E-state index in [4.69, 9.17) is 15.1 Å². The Morgan fingerprint density at radius 3 is 2.72 bits per heavy atom. The number of fused-ring (bicyclic) bond motifs is 2. The molecule has 0 aromatic heterocycles. The van der Waals surface area contributed by atoms with E-state index in [0.29, 0.717) is 5.06 Å². The minimum Gasteiger partial charge on any atom is -0.444 e. The molecule has 0 unspecified atom stereocenters. The molecule has 2 fully saturated rings. The Kier molecular flexibility index (Phi) is 5.66. The molecule has 0 aromatic carbocycles. The zero-order chi connectivity index (χ0) is 18.8. The first-order chi connectivity index (χ1) is 11.6. The van der Waals surface area contributed by atoms with Crippen molar-refractivity contribution in [1.82, 2.24) is 15.4 Å².